The molecule has 0 saturated heterocycles. The number of nitrogens with zero attached hydrogens (tertiary/aromatic N) is 1. The van der Waals surface area contributed by atoms with Gasteiger partial charge in [-0.3, -0.25) is 4.31 Å². The predicted octanol–water partition coefficient (Wildman–Crippen LogP) is 2.39. The summed E-state index contributed by atoms with van der Waals surface area (Å²) in [6, 6.07) is 8.56. The summed E-state index contributed by atoms with van der Waals surface area (Å²) in [7, 11) is -7.99. The zero-order valence-corrected chi connectivity index (χ0v) is 15.3. The zero-order chi connectivity index (χ0) is 17.7. The van der Waals surface area contributed by atoms with Gasteiger partial charge in [0, 0.05) is 6.54 Å². The number of halogens is 2. The zero-order valence-electron chi connectivity index (χ0n) is 12.1. The fraction of sp³-hybridized carbons (Fsp3) is 0.143. The average molecular weight is 407 g/mol. The van der Waals surface area contributed by atoms with Crippen molar-refractivity contribution in [3.63, 3.8) is 0 Å². The molecular formula is C14H12Cl2N2O4S2. The molecule has 3 rings (SSSR count). The summed E-state index contributed by atoms with van der Waals surface area (Å²) in [5.41, 5.74) is 0.965. The molecule has 6 nitrogen and oxygen atoms in total. The molecule has 1 heterocycles. The summed E-state index contributed by atoms with van der Waals surface area (Å²) in [6.07, 6.45) is 0.446. The van der Waals surface area contributed by atoms with Crippen LogP contribution in [0.3, 0.4) is 0 Å². The number of primary sulfonamides is 1. The fourth-order valence-electron chi connectivity index (χ4n) is 2.60. The van der Waals surface area contributed by atoms with E-state index in [9.17, 15) is 16.8 Å². The molecule has 0 atom stereocenters. The van der Waals surface area contributed by atoms with Crippen molar-refractivity contribution in [1.29, 1.82) is 0 Å². The standard InChI is InChI=1S/C14H12Cl2N2O4S2/c15-11-2-1-3-12(16)14(11)24(21,22)18-7-6-9-4-5-10(8-13(9)18)23(17,19)20/h1-5,8H,6-7H2,(H2,17,19,20). The van der Waals surface area contributed by atoms with Crippen molar-refractivity contribution in [2.75, 3.05) is 10.8 Å². The van der Waals surface area contributed by atoms with Crippen molar-refractivity contribution in [1.82, 2.24) is 0 Å². The van der Waals surface area contributed by atoms with Crippen molar-refractivity contribution in [3.8, 4) is 0 Å². The van der Waals surface area contributed by atoms with Gasteiger partial charge < -0.3 is 0 Å². The molecule has 0 spiro atoms. The predicted molar refractivity (Wildman–Crippen MR) is 92.5 cm³/mol. The Morgan fingerprint density at radius 1 is 1.00 bits per heavy atom. The minimum absolute atomic E-state index is 0.00134. The molecule has 128 valence electrons. The Morgan fingerprint density at radius 2 is 1.62 bits per heavy atom. The Labute approximate surface area is 149 Å². The van der Waals surface area contributed by atoms with Crippen molar-refractivity contribution < 1.29 is 16.8 Å². The minimum atomic E-state index is -4.04. The lowest BCUT2D eigenvalue weighted by Crippen LogP contribution is -2.29. The second-order valence-electron chi connectivity index (χ2n) is 5.21. The second-order valence-corrected chi connectivity index (χ2v) is 9.39. The smallest absolute Gasteiger partial charge is 0.266 e. The van der Waals surface area contributed by atoms with Gasteiger partial charge in [-0.2, -0.15) is 0 Å². The number of hydrogen-bond donors (Lipinski definition) is 1. The Morgan fingerprint density at radius 3 is 2.21 bits per heavy atom. The lowest BCUT2D eigenvalue weighted by molar-refractivity contribution is 0.591. The molecule has 0 radical (unpaired) electrons. The summed E-state index contributed by atoms with van der Waals surface area (Å²) >= 11 is 12.0. The number of rotatable bonds is 3. The molecule has 0 amide bonds. The van der Waals surface area contributed by atoms with Crippen molar-refractivity contribution in [2.24, 2.45) is 5.14 Å². The van der Waals surface area contributed by atoms with Gasteiger partial charge in [-0.05, 0) is 36.2 Å². The molecule has 2 aromatic carbocycles. The highest BCUT2D eigenvalue weighted by Crippen LogP contribution is 2.38. The summed E-state index contributed by atoms with van der Waals surface area (Å²) in [5.74, 6) is 0. The first-order valence-electron chi connectivity index (χ1n) is 6.75. The SMILES string of the molecule is NS(=O)(=O)c1ccc2c(c1)N(S(=O)(=O)c1c(Cl)cccc1Cl)CC2. The van der Waals surface area contributed by atoms with Gasteiger partial charge in [-0.1, -0.05) is 35.3 Å². The molecule has 0 bridgehead atoms. The second kappa shape index (κ2) is 5.89. The first-order valence-corrected chi connectivity index (χ1v) is 10.5. The van der Waals surface area contributed by atoms with Gasteiger partial charge >= 0.3 is 0 Å². The average Bonchev–Trinajstić information content (AvgIpc) is 2.89. The molecule has 2 aromatic rings. The molecule has 0 aromatic heterocycles. The highest BCUT2D eigenvalue weighted by Gasteiger charge is 2.34. The number of sulfonamides is 2. The summed E-state index contributed by atoms with van der Waals surface area (Å²) < 4.78 is 50.1. The van der Waals surface area contributed by atoms with E-state index >= 15 is 0 Å². The lowest BCUT2D eigenvalue weighted by atomic mass is 10.2. The Hall–Kier alpha value is -1.32. The Kier molecular flexibility index (Phi) is 4.29. The van der Waals surface area contributed by atoms with Crippen LogP contribution in [0.2, 0.25) is 10.0 Å². The lowest BCUT2D eigenvalue weighted by Gasteiger charge is -2.21. The van der Waals surface area contributed by atoms with Gasteiger partial charge in [-0.25, -0.2) is 22.0 Å². The maximum Gasteiger partial charge on any atom is 0.267 e. The van der Waals surface area contributed by atoms with Crippen LogP contribution in [-0.4, -0.2) is 23.4 Å². The molecule has 0 fully saturated rings. The van der Waals surface area contributed by atoms with E-state index in [0.717, 1.165) is 4.31 Å². The number of fused-ring (bicyclic) bond motifs is 1. The minimum Gasteiger partial charge on any atom is -0.266 e. The normalized spacial score (nSPS) is 14.7. The van der Waals surface area contributed by atoms with E-state index < -0.39 is 20.0 Å². The van der Waals surface area contributed by atoms with Gasteiger partial charge in [0.05, 0.1) is 20.6 Å². The van der Waals surface area contributed by atoms with Crippen molar-refractivity contribution >= 4 is 48.9 Å². The Balaban J connectivity index is 2.17. The summed E-state index contributed by atoms with van der Waals surface area (Å²) in [6.45, 7) is 0.160. The van der Waals surface area contributed by atoms with E-state index in [-0.39, 0.29) is 32.1 Å². The molecule has 1 aliphatic rings. The van der Waals surface area contributed by atoms with Crippen LogP contribution in [0.15, 0.2) is 46.2 Å². The first kappa shape index (κ1) is 17.5. The van der Waals surface area contributed by atoms with Crippen molar-refractivity contribution in [3.05, 3.63) is 52.0 Å². The van der Waals surface area contributed by atoms with E-state index in [1.165, 1.54) is 24.3 Å². The summed E-state index contributed by atoms with van der Waals surface area (Å²) in [5, 5.41) is 5.12. The summed E-state index contributed by atoms with van der Waals surface area (Å²) in [4.78, 5) is -0.365. The van der Waals surface area contributed by atoms with Crippen molar-refractivity contribution in [2.45, 2.75) is 16.2 Å². The number of nitrogens with two attached hydrogens (primary N) is 1. The molecule has 0 unspecified atom stereocenters. The molecule has 0 aliphatic carbocycles. The monoisotopic (exact) mass is 406 g/mol. The van der Waals surface area contributed by atoms with E-state index in [2.05, 4.69) is 0 Å². The van der Waals surface area contributed by atoms with Crippen LogP contribution >= 0.6 is 23.2 Å². The largest absolute Gasteiger partial charge is 0.267 e. The van der Waals surface area contributed by atoms with Gasteiger partial charge in [0.15, 0.2) is 0 Å². The quantitative estimate of drug-likeness (QED) is 0.845. The molecule has 2 N–H and O–H groups in total. The molecule has 0 saturated carbocycles. The third-order valence-corrected chi connectivity index (χ3v) is 7.39. The maximum atomic E-state index is 13.0. The molecule has 24 heavy (non-hydrogen) atoms. The topological polar surface area (TPSA) is 97.5 Å². The third-order valence-electron chi connectivity index (χ3n) is 3.71. The van der Waals surface area contributed by atoms with Crippen LogP contribution < -0.4 is 9.44 Å². The molecule has 1 aliphatic heterocycles. The third kappa shape index (κ3) is 2.89. The maximum absolute atomic E-state index is 13.0. The fourth-order valence-corrected chi connectivity index (χ4v) is 5.72. The van der Waals surface area contributed by atoms with E-state index in [0.29, 0.717) is 12.0 Å². The van der Waals surface area contributed by atoms with Crippen LogP contribution in [0.4, 0.5) is 5.69 Å². The van der Waals surface area contributed by atoms with Crippen LogP contribution in [0, 0.1) is 0 Å². The van der Waals surface area contributed by atoms with Gasteiger partial charge in [0.1, 0.15) is 4.90 Å². The molecule has 10 heteroatoms. The number of anilines is 1. The van der Waals surface area contributed by atoms with Gasteiger partial charge in [0.2, 0.25) is 10.0 Å². The Bertz CT molecular complexity index is 1020. The highest BCUT2D eigenvalue weighted by molar-refractivity contribution is 7.93. The van der Waals surface area contributed by atoms with Gasteiger partial charge in [0.25, 0.3) is 10.0 Å². The number of hydrogen-bond acceptors (Lipinski definition) is 4. The van der Waals surface area contributed by atoms with E-state index in [1.54, 1.807) is 12.1 Å². The van der Waals surface area contributed by atoms with Crippen LogP contribution in [0.25, 0.3) is 0 Å². The van der Waals surface area contributed by atoms with Crippen LogP contribution in [0.5, 0.6) is 0 Å². The van der Waals surface area contributed by atoms with Crippen LogP contribution in [0.1, 0.15) is 5.56 Å². The van der Waals surface area contributed by atoms with E-state index in [4.69, 9.17) is 28.3 Å². The first-order chi connectivity index (χ1) is 11.1. The molecular weight excluding hydrogens is 395 g/mol. The van der Waals surface area contributed by atoms with Crippen LogP contribution in [-0.2, 0) is 26.5 Å². The number of benzene rings is 2. The van der Waals surface area contributed by atoms with E-state index in [1.807, 2.05) is 0 Å². The van der Waals surface area contributed by atoms with Gasteiger partial charge in [-0.15, -0.1) is 0 Å². The highest BCUT2D eigenvalue weighted by atomic mass is 35.5.